The molecule has 1 aromatic rings. The van der Waals surface area contributed by atoms with Crippen LogP contribution in [0.25, 0.3) is 0 Å². The van der Waals surface area contributed by atoms with Gasteiger partial charge in [-0.15, -0.1) is 0 Å². The monoisotopic (exact) mass is 330 g/mol. The topological polar surface area (TPSA) is 0 Å². The fourth-order valence-electron chi connectivity index (χ4n) is 3.19. The van der Waals surface area contributed by atoms with Crippen LogP contribution >= 0.6 is 15.9 Å². The first kappa shape index (κ1) is 15.0. The summed E-state index contributed by atoms with van der Waals surface area (Å²) < 4.78 is 26.9. The van der Waals surface area contributed by atoms with Crippen molar-refractivity contribution in [3.63, 3.8) is 0 Å². The Morgan fingerprint density at radius 3 is 2.79 bits per heavy atom. The molecule has 1 saturated carbocycles. The predicted molar refractivity (Wildman–Crippen MR) is 78.5 cm³/mol. The van der Waals surface area contributed by atoms with Gasteiger partial charge in [0.2, 0.25) is 0 Å². The molecule has 0 saturated heterocycles. The Labute approximate surface area is 122 Å². The summed E-state index contributed by atoms with van der Waals surface area (Å²) in [6.45, 7) is 2.21. The Hall–Kier alpha value is -0.440. The molecule has 106 valence electrons. The minimum Gasteiger partial charge on any atom is -0.207 e. The van der Waals surface area contributed by atoms with Gasteiger partial charge in [0.15, 0.2) is 0 Å². The van der Waals surface area contributed by atoms with Crippen LogP contribution < -0.4 is 0 Å². The van der Waals surface area contributed by atoms with Crippen LogP contribution in [0.15, 0.2) is 18.2 Å². The minimum absolute atomic E-state index is 0.279. The smallest absolute Gasteiger partial charge is 0.126 e. The second-order valence-corrected chi connectivity index (χ2v) is 6.86. The average Bonchev–Trinajstić information content (AvgIpc) is 2.38. The number of benzene rings is 1. The molecule has 0 radical (unpaired) electrons. The Morgan fingerprint density at radius 1 is 1.26 bits per heavy atom. The number of hydrogen-bond donors (Lipinski definition) is 0. The number of rotatable bonds is 4. The van der Waals surface area contributed by atoms with Gasteiger partial charge in [0.05, 0.1) is 0 Å². The van der Waals surface area contributed by atoms with Gasteiger partial charge in [-0.05, 0) is 61.3 Å². The third-order valence-electron chi connectivity index (χ3n) is 4.19. The zero-order chi connectivity index (χ0) is 13.8. The standard InChI is InChI=1S/C16H21BrF2/c1-2-3-11-4-6-15(17)12(8-11)9-13-10-14(18)5-7-16(13)19/h5,7,10-12,15H,2-4,6,8-9H2,1H3. The number of hydrogen-bond acceptors (Lipinski definition) is 0. The van der Waals surface area contributed by atoms with Crippen LogP contribution in [-0.2, 0) is 6.42 Å². The summed E-state index contributed by atoms with van der Waals surface area (Å²) >= 11 is 3.72. The van der Waals surface area contributed by atoms with Crippen molar-refractivity contribution in [3.8, 4) is 0 Å². The molecule has 1 aromatic carbocycles. The highest BCUT2D eigenvalue weighted by Gasteiger charge is 2.29. The molecule has 19 heavy (non-hydrogen) atoms. The predicted octanol–water partition coefficient (Wildman–Crippen LogP) is 5.49. The number of halogens is 3. The first-order valence-electron chi connectivity index (χ1n) is 7.18. The van der Waals surface area contributed by atoms with E-state index in [4.69, 9.17) is 0 Å². The maximum Gasteiger partial charge on any atom is 0.126 e. The lowest BCUT2D eigenvalue weighted by Crippen LogP contribution is -2.27. The molecule has 0 nitrogen and oxygen atoms in total. The fourth-order valence-corrected chi connectivity index (χ4v) is 3.86. The van der Waals surface area contributed by atoms with Crippen LogP contribution in [-0.4, -0.2) is 4.83 Å². The van der Waals surface area contributed by atoms with E-state index in [-0.39, 0.29) is 11.6 Å². The minimum atomic E-state index is -0.344. The summed E-state index contributed by atoms with van der Waals surface area (Å²) in [5, 5.41) is 0. The van der Waals surface area contributed by atoms with Crippen LogP contribution in [0.2, 0.25) is 0 Å². The van der Waals surface area contributed by atoms with Crippen LogP contribution in [0.3, 0.4) is 0 Å². The number of alkyl halides is 1. The molecule has 2 rings (SSSR count). The van der Waals surface area contributed by atoms with E-state index in [1.165, 1.54) is 37.5 Å². The SMILES string of the molecule is CCCC1CCC(Br)C(Cc2cc(F)ccc2F)C1. The van der Waals surface area contributed by atoms with Crippen LogP contribution in [0, 0.1) is 23.5 Å². The van der Waals surface area contributed by atoms with E-state index in [1.807, 2.05) is 0 Å². The van der Waals surface area contributed by atoms with Crippen molar-refractivity contribution in [2.45, 2.75) is 50.3 Å². The van der Waals surface area contributed by atoms with E-state index in [0.29, 0.717) is 22.7 Å². The average molecular weight is 331 g/mol. The van der Waals surface area contributed by atoms with Crippen molar-refractivity contribution in [2.24, 2.45) is 11.8 Å². The summed E-state index contributed by atoms with van der Waals surface area (Å²) in [6.07, 6.45) is 6.62. The van der Waals surface area contributed by atoms with Gasteiger partial charge in [0, 0.05) is 4.83 Å². The molecule has 0 spiro atoms. The third kappa shape index (κ3) is 4.01. The van der Waals surface area contributed by atoms with Gasteiger partial charge in [-0.1, -0.05) is 35.7 Å². The van der Waals surface area contributed by atoms with E-state index in [2.05, 4.69) is 22.9 Å². The lowest BCUT2D eigenvalue weighted by atomic mass is 9.77. The van der Waals surface area contributed by atoms with Gasteiger partial charge in [-0.25, -0.2) is 8.78 Å². The Kier molecular flexibility index (Phi) is 5.37. The highest BCUT2D eigenvalue weighted by atomic mass is 79.9. The molecular formula is C16H21BrF2. The van der Waals surface area contributed by atoms with Gasteiger partial charge in [0.1, 0.15) is 11.6 Å². The van der Waals surface area contributed by atoms with Crippen LogP contribution in [0.1, 0.15) is 44.6 Å². The lowest BCUT2D eigenvalue weighted by molar-refractivity contribution is 0.261. The lowest BCUT2D eigenvalue weighted by Gasteiger charge is -2.33. The molecule has 0 aromatic heterocycles. The third-order valence-corrected chi connectivity index (χ3v) is 5.39. The first-order valence-corrected chi connectivity index (χ1v) is 8.09. The largest absolute Gasteiger partial charge is 0.207 e. The summed E-state index contributed by atoms with van der Waals surface area (Å²) in [5.74, 6) is 0.546. The zero-order valence-corrected chi connectivity index (χ0v) is 12.9. The fraction of sp³-hybridized carbons (Fsp3) is 0.625. The van der Waals surface area contributed by atoms with Crippen molar-refractivity contribution in [3.05, 3.63) is 35.4 Å². The maximum absolute atomic E-state index is 13.7. The van der Waals surface area contributed by atoms with Crippen LogP contribution in [0.5, 0.6) is 0 Å². The summed E-state index contributed by atoms with van der Waals surface area (Å²) in [5.41, 5.74) is 0.520. The molecule has 1 aliphatic carbocycles. The van der Waals surface area contributed by atoms with Crippen LogP contribution in [0.4, 0.5) is 8.78 Å². The van der Waals surface area contributed by atoms with E-state index in [1.54, 1.807) is 0 Å². The molecule has 0 N–H and O–H groups in total. The normalized spacial score (nSPS) is 27.5. The van der Waals surface area contributed by atoms with Gasteiger partial charge < -0.3 is 0 Å². The second kappa shape index (κ2) is 6.83. The van der Waals surface area contributed by atoms with E-state index in [0.717, 1.165) is 18.8 Å². The second-order valence-electron chi connectivity index (χ2n) is 5.68. The molecule has 0 aliphatic heterocycles. The van der Waals surface area contributed by atoms with E-state index in [9.17, 15) is 8.78 Å². The molecule has 3 heteroatoms. The van der Waals surface area contributed by atoms with Crippen molar-refractivity contribution in [1.82, 2.24) is 0 Å². The zero-order valence-electron chi connectivity index (χ0n) is 11.3. The summed E-state index contributed by atoms with van der Waals surface area (Å²) in [6, 6.07) is 3.77. The molecular weight excluding hydrogens is 310 g/mol. The summed E-state index contributed by atoms with van der Waals surface area (Å²) in [7, 11) is 0. The van der Waals surface area contributed by atoms with Crippen molar-refractivity contribution in [1.29, 1.82) is 0 Å². The van der Waals surface area contributed by atoms with Crippen molar-refractivity contribution in [2.75, 3.05) is 0 Å². The molecule has 0 bridgehead atoms. The Balaban J connectivity index is 2.05. The highest BCUT2D eigenvalue weighted by molar-refractivity contribution is 9.09. The van der Waals surface area contributed by atoms with Crippen molar-refractivity contribution >= 4 is 15.9 Å². The van der Waals surface area contributed by atoms with Gasteiger partial charge in [-0.3, -0.25) is 0 Å². The van der Waals surface area contributed by atoms with Gasteiger partial charge >= 0.3 is 0 Å². The maximum atomic E-state index is 13.7. The quantitative estimate of drug-likeness (QED) is 0.640. The van der Waals surface area contributed by atoms with Gasteiger partial charge in [-0.2, -0.15) is 0 Å². The highest BCUT2D eigenvalue weighted by Crippen LogP contribution is 2.38. The molecule has 0 amide bonds. The molecule has 1 fully saturated rings. The molecule has 3 atom stereocenters. The van der Waals surface area contributed by atoms with Gasteiger partial charge in [0.25, 0.3) is 0 Å². The van der Waals surface area contributed by atoms with Crippen molar-refractivity contribution < 1.29 is 8.78 Å². The van der Waals surface area contributed by atoms with E-state index < -0.39 is 0 Å². The molecule has 1 aliphatic rings. The molecule has 0 heterocycles. The Bertz CT molecular complexity index is 419. The first-order chi connectivity index (χ1) is 9.10. The molecule has 3 unspecified atom stereocenters. The Morgan fingerprint density at radius 2 is 2.05 bits per heavy atom. The van der Waals surface area contributed by atoms with E-state index >= 15 is 0 Å². The summed E-state index contributed by atoms with van der Waals surface area (Å²) in [4.78, 5) is 0.434.